The van der Waals surface area contributed by atoms with Crippen molar-refractivity contribution in [1.82, 2.24) is 14.5 Å². The van der Waals surface area contributed by atoms with Crippen molar-refractivity contribution in [3.05, 3.63) is 66.0 Å². The minimum atomic E-state index is -1.16. The van der Waals surface area contributed by atoms with Crippen LogP contribution in [0.1, 0.15) is 11.1 Å². The van der Waals surface area contributed by atoms with Crippen molar-refractivity contribution in [2.24, 2.45) is 14.1 Å². The van der Waals surface area contributed by atoms with E-state index in [4.69, 9.17) is 0 Å². The lowest BCUT2D eigenvalue weighted by molar-refractivity contribution is -0.122. The van der Waals surface area contributed by atoms with Crippen LogP contribution in [0.25, 0.3) is 33.0 Å². The predicted octanol–water partition coefficient (Wildman–Crippen LogP) is 2.97. The van der Waals surface area contributed by atoms with Crippen molar-refractivity contribution >= 4 is 55.6 Å². The molecule has 0 radical (unpaired) electrons. The molecule has 2 aromatic carbocycles. The molecular formula is C23H19N3O3S. The van der Waals surface area contributed by atoms with E-state index in [1.807, 2.05) is 78.1 Å². The Morgan fingerprint density at radius 1 is 0.800 bits per heavy atom. The molecule has 0 spiro atoms. The molecule has 2 amide bonds. The number of hydrogen-bond donors (Lipinski definition) is 1. The number of benzene rings is 2. The quantitative estimate of drug-likeness (QED) is 0.521. The van der Waals surface area contributed by atoms with E-state index in [2.05, 4.69) is 5.32 Å². The van der Waals surface area contributed by atoms with Gasteiger partial charge in [0.2, 0.25) is 0 Å². The minimum absolute atomic E-state index is 0.348. The molecule has 4 aromatic rings. The second-order valence-corrected chi connectivity index (χ2v) is 8.87. The molecule has 2 aromatic heterocycles. The van der Waals surface area contributed by atoms with E-state index in [9.17, 15) is 13.8 Å². The lowest BCUT2D eigenvalue weighted by Crippen LogP contribution is -2.22. The molecule has 5 rings (SSSR count). The van der Waals surface area contributed by atoms with E-state index < -0.39 is 22.6 Å². The fourth-order valence-electron chi connectivity index (χ4n) is 4.26. The van der Waals surface area contributed by atoms with Crippen molar-refractivity contribution in [3.63, 3.8) is 0 Å². The molecule has 150 valence electrons. The highest BCUT2D eigenvalue weighted by Gasteiger charge is 2.35. The smallest absolute Gasteiger partial charge is 0.259 e. The first kappa shape index (κ1) is 18.6. The third kappa shape index (κ3) is 2.59. The first-order chi connectivity index (χ1) is 14.4. The summed E-state index contributed by atoms with van der Waals surface area (Å²) in [6.07, 6.45) is 5.36. The van der Waals surface area contributed by atoms with Gasteiger partial charge in [0.25, 0.3) is 11.8 Å². The van der Waals surface area contributed by atoms with Gasteiger partial charge in [-0.3, -0.25) is 19.1 Å². The second kappa shape index (κ2) is 6.53. The van der Waals surface area contributed by atoms with Crippen LogP contribution in [0.4, 0.5) is 0 Å². The number of nitrogens with zero attached hydrogens (tertiary/aromatic N) is 2. The summed E-state index contributed by atoms with van der Waals surface area (Å²) in [5.41, 5.74) is 3.97. The van der Waals surface area contributed by atoms with Crippen LogP contribution >= 0.6 is 0 Å². The molecular weight excluding hydrogens is 398 g/mol. The van der Waals surface area contributed by atoms with Gasteiger partial charge in [0.15, 0.2) is 0 Å². The van der Waals surface area contributed by atoms with Crippen LogP contribution in [0.3, 0.4) is 0 Å². The lowest BCUT2D eigenvalue weighted by Gasteiger charge is -2.04. The fourth-order valence-corrected chi connectivity index (χ4v) is 4.80. The van der Waals surface area contributed by atoms with E-state index in [0.717, 1.165) is 27.4 Å². The summed E-state index contributed by atoms with van der Waals surface area (Å²) >= 11 is 0. The van der Waals surface area contributed by atoms with Gasteiger partial charge in [-0.1, -0.05) is 18.2 Å². The lowest BCUT2D eigenvalue weighted by atomic mass is 9.95. The van der Waals surface area contributed by atoms with E-state index >= 15 is 0 Å². The van der Waals surface area contributed by atoms with Crippen LogP contribution < -0.4 is 5.32 Å². The molecule has 1 N–H and O–H groups in total. The zero-order valence-electron chi connectivity index (χ0n) is 16.7. The summed E-state index contributed by atoms with van der Waals surface area (Å²) in [7, 11) is 2.65. The largest absolute Gasteiger partial charge is 0.350 e. The molecule has 0 fully saturated rings. The molecule has 0 aliphatic carbocycles. The summed E-state index contributed by atoms with van der Waals surface area (Å²) in [5, 5.41) is 4.17. The number of carbonyl (C=O) groups excluding carboxylic acids is 2. The zero-order chi connectivity index (χ0) is 21.2. The van der Waals surface area contributed by atoms with E-state index in [1.165, 1.54) is 0 Å². The van der Waals surface area contributed by atoms with Crippen LogP contribution in [0, 0.1) is 0 Å². The third-order valence-corrected chi connectivity index (χ3v) is 6.58. The summed E-state index contributed by atoms with van der Waals surface area (Å²) in [5.74, 6) is -0.822. The van der Waals surface area contributed by atoms with Gasteiger partial charge in [0, 0.05) is 81.4 Å². The highest BCUT2D eigenvalue weighted by Crippen LogP contribution is 2.38. The number of imide groups is 1. The average molecular weight is 417 g/mol. The van der Waals surface area contributed by atoms with Crippen LogP contribution in [0.5, 0.6) is 0 Å². The summed E-state index contributed by atoms with van der Waals surface area (Å²) in [6.45, 7) is 0. The molecule has 1 unspecified atom stereocenters. The van der Waals surface area contributed by atoms with Crippen molar-refractivity contribution in [2.75, 3.05) is 6.26 Å². The third-order valence-electron chi connectivity index (χ3n) is 5.66. The van der Waals surface area contributed by atoms with Crippen LogP contribution in [0.15, 0.2) is 59.8 Å². The summed E-state index contributed by atoms with van der Waals surface area (Å²) in [4.78, 5) is 26.5. The Bertz CT molecular complexity index is 1460. The number of fused-ring (bicyclic) bond motifs is 2. The van der Waals surface area contributed by atoms with E-state index in [1.54, 1.807) is 6.26 Å². The number of rotatable bonds is 3. The summed E-state index contributed by atoms with van der Waals surface area (Å²) in [6, 6.07) is 13.3. The van der Waals surface area contributed by atoms with E-state index in [0.29, 0.717) is 21.6 Å². The first-order valence-corrected chi connectivity index (χ1v) is 11.0. The van der Waals surface area contributed by atoms with Gasteiger partial charge in [0.1, 0.15) is 0 Å². The van der Waals surface area contributed by atoms with Crippen molar-refractivity contribution < 1.29 is 13.8 Å². The highest BCUT2D eigenvalue weighted by molar-refractivity contribution is 7.84. The highest BCUT2D eigenvalue weighted by atomic mass is 32.2. The zero-order valence-corrected chi connectivity index (χ0v) is 17.5. The molecule has 3 heterocycles. The molecule has 0 saturated heterocycles. The van der Waals surface area contributed by atoms with Gasteiger partial charge in [0.05, 0.1) is 11.1 Å². The molecule has 0 bridgehead atoms. The normalized spacial score (nSPS) is 15.4. The standard InChI is InChI=1S/C23H19N3O3S/c1-25-11-16(14-6-4-5-7-18(14)25)20-21(23(28)24-22(20)27)17-12-26(2)19-9-8-13(30(3)29)10-15(17)19/h4-12H,1-3H3,(H,24,27,28). The molecule has 0 saturated carbocycles. The Hall–Kier alpha value is -3.45. The van der Waals surface area contributed by atoms with Gasteiger partial charge >= 0.3 is 0 Å². The fraction of sp³-hybridized carbons (Fsp3) is 0.130. The first-order valence-electron chi connectivity index (χ1n) is 9.44. The number of aromatic nitrogens is 2. The van der Waals surface area contributed by atoms with Gasteiger partial charge < -0.3 is 9.13 Å². The Morgan fingerprint density at radius 2 is 1.37 bits per heavy atom. The van der Waals surface area contributed by atoms with Crippen molar-refractivity contribution in [1.29, 1.82) is 0 Å². The van der Waals surface area contributed by atoms with Gasteiger partial charge in [-0.15, -0.1) is 0 Å². The number of aryl methyl sites for hydroxylation is 2. The van der Waals surface area contributed by atoms with Crippen LogP contribution in [-0.4, -0.2) is 31.4 Å². The Kier molecular flexibility index (Phi) is 4.04. The van der Waals surface area contributed by atoms with Crippen LogP contribution in [0.2, 0.25) is 0 Å². The maximum absolute atomic E-state index is 12.9. The number of carbonyl (C=O) groups is 2. The molecule has 30 heavy (non-hydrogen) atoms. The Balaban J connectivity index is 1.87. The van der Waals surface area contributed by atoms with E-state index in [-0.39, 0.29) is 0 Å². The molecule has 1 atom stereocenters. The maximum Gasteiger partial charge on any atom is 0.259 e. The number of nitrogens with one attached hydrogen (secondary N) is 1. The second-order valence-electron chi connectivity index (χ2n) is 7.49. The predicted molar refractivity (Wildman–Crippen MR) is 118 cm³/mol. The number of amides is 2. The SMILES string of the molecule is Cn1cc(C2=C(c3cn(C)c4ccc(S(C)=O)cc34)C(=O)NC2=O)c2ccccc21. The van der Waals surface area contributed by atoms with Crippen molar-refractivity contribution in [3.8, 4) is 0 Å². The Morgan fingerprint density at radius 3 is 2.00 bits per heavy atom. The van der Waals surface area contributed by atoms with Gasteiger partial charge in [-0.05, 0) is 24.3 Å². The molecule has 6 nitrogen and oxygen atoms in total. The average Bonchev–Trinajstić information content (AvgIpc) is 3.32. The monoisotopic (exact) mass is 417 g/mol. The number of hydrogen-bond acceptors (Lipinski definition) is 3. The Labute approximate surface area is 175 Å². The maximum atomic E-state index is 12.9. The van der Waals surface area contributed by atoms with Gasteiger partial charge in [-0.25, -0.2) is 0 Å². The minimum Gasteiger partial charge on any atom is -0.350 e. The van der Waals surface area contributed by atoms with Crippen molar-refractivity contribution in [2.45, 2.75) is 4.90 Å². The molecule has 7 heteroatoms. The molecule has 1 aliphatic rings. The topological polar surface area (TPSA) is 73.1 Å². The summed E-state index contributed by atoms with van der Waals surface area (Å²) < 4.78 is 15.9. The molecule has 1 aliphatic heterocycles. The number of para-hydroxylation sites is 1. The van der Waals surface area contributed by atoms with Gasteiger partial charge in [-0.2, -0.15) is 0 Å². The van der Waals surface area contributed by atoms with Crippen LogP contribution in [-0.2, 0) is 34.5 Å².